The molecule has 170 valence electrons. The maximum atomic E-state index is 12.9. The molecule has 2 heterocycles. The average molecular weight is 415 g/mol. The van der Waals surface area contributed by atoms with E-state index in [0.717, 1.165) is 25.8 Å². The predicted octanol–water partition coefficient (Wildman–Crippen LogP) is 1.34. The van der Waals surface area contributed by atoms with Gasteiger partial charge >= 0.3 is 0 Å². The van der Waals surface area contributed by atoms with Gasteiger partial charge in [-0.05, 0) is 37.6 Å². The van der Waals surface area contributed by atoms with E-state index in [2.05, 4.69) is 17.6 Å². The molecule has 0 aromatic carbocycles. The van der Waals surface area contributed by atoms with Crippen LogP contribution >= 0.6 is 0 Å². The van der Waals surface area contributed by atoms with E-state index in [1.54, 1.807) is 0 Å². The standard InChI is InChI=1S/C22H42N2O5/c1-5-7-8-10-14-11-15(23-12-14)22(28)24-17(13(3)4)21-20(27)19(26)18(25)16(29-21)9-6-2/h13-21,23,25-27H,5-12H2,1-4H3,(H,24,28)/t14-,15+,16-,17-,18+,19-,20-,21-/m1/s1. The van der Waals surface area contributed by atoms with Crippen molar-refractivity contribution in [3.63, 3.8) is 0 Å². The lowest BCUT2D eigenvalue weighted by molar-refractivity contribution is -0.232. The highest BCUT2D eigenvalue weighted by Gasteiger charge is 2.47. The fourth-order valence-corrected chi connectivity index (χ4v) is 4.60. The molecule has 0 bridgehead atoms. The van der Waals surface area contributed by atoms with Crippen molar-refractivity contribution < 1.29 is 24.9 Å². The number of unbranched alkanes of at least 4 members (excludes halogenated alkanes) is 2. The molecule has 2 fully saturated rings. The molecule has 0 spiro atoms. The van der Waals surface area contributed by atoms with Crippen LogP contribution in [-0.4, -0.2) is 70.4 Å². The topological polar surface area (TPSA) is 111 Å². The summed E-state index contributed by atoms with van der Waals surface area (Å²) in [5.74, 6) is 0.451. The Labute approximate surface area is 175 Å². The first-order chi connectivity index (χ1) is 13.8. The lowest BCUT2D eigenvalue weighted by Gasteiger charge is -2.45. The zero-order valence-electron chi connectivity index (χ0n) is 18.5. The van der Waals surface area contributed by atoms with Crippen LogP contribution in [0.1, 0.15) is 72.6 Å². The van der Waals surface area contributed by atoms with Gasteiger partial charge in [0.25, 0.3) is 0 Å². The molecule has 0 unspecified atom stereocenters. The zero-order chi connectivity index (χ0) is 21.6. The number of rotatable bonds is 10. The number of hydrogen-bond acceptors (Lipinski definition) is 6. The molecule has 0 aromatic rings. The van der Waals surface area contributed by atoms with E-state index in [9.17, 15) is 20.1 Å². The summed E-state index contributed by atoms with van der Waals surface area (Å²) >= 11 is 0. The van der Waals surface area contributed by atoms with Crippen molar-refractivity contribution in [1.82, 2.24) is 10.6 Å². The van der Waals surface area contributed by atoms with Crippen LogP contribution in [0.15, 0.2) is 0 Å². The van der Waals surface area contributed by atoms with E-state index in [-0.39, 0.29) is 17.9 Å². The van der Waals surface area contributed by atoms with E-state index < -0.39 is 36.6 Å². The first kappa shape index (κ1) is 24.5. The Morgan fingerprint density at radius 3 is 2.41 bits per heavy atom. The van der Waals surface area contributed by atoms with Gasteiger partial charge in [-0.3, -0.25) is 4.79 Å². The maximum absolute atomic E-state index is 12.9. The first-order valence-electron chi connectivity index (χ1n) is 11.5. The normalized spacial score (nSPS) is 36.3. The fourth-order valence-electron chi connectivity index (χ4n) is 4.60. The van der Waals surface area contributed by atoms with Crippen LogP contribution in [0, 0.1) is 11.8 Å². The van der Waals surface area contributed by atoms with Crippen LogP contribution < -0.4 is 10.6 Å². The number of aliphatic hydroxyl groups is 3. The van der Waals surface area contributed by atoms with Gasteiger partial charge in [0.15, 0.2) is 0 Å². The molecule has 2 aliphatic rings. The fraction of sp³-hybridized carbons (Fsp3) is 0.955. The van der Waals surface area contributed by atoms with Gasteiger partial charge in [-0.1, -0.05) is 53.4 Å². The number of hydrogen-bond donors (Lipinski definition) is 5. The van der Waals surface area contributed by atoms with Crippen molar-refractivity contribution >= 4 is 5.91 Å². The summed E-state index contributed by atoms with van der Waals surface area (Å²) in [6.45, 7) is 8.96. The quantitative estimate of drug-likeness (QED) is 0.345. The minimum absolute atomic E-state index is 0.00470. The van der Waals surface area contributed by atoms with Crippen LogP contribution in [0.3, 0.4) is 0 Å². The zero-order valence-corrected chi connectivity index (χ0v) is 18.5. The maximum Gasteiger partial charge on any atom is 0.237 e. The van der Waals surface area contributed by atoms with Crippen molar-refractivity contribution in [2.24, 2.45) is 11.8 Å². The van der Waals surface area contributed by atoms with E-state index in [4.69, 9.17) is 4.74 Å². The Bertz CT molecular complexity index is 504. The Kier molecular flexibility index (Phi) is 9.82. The third-order valence-electron chi connectivity index (χ3n) is 6.46. The minimum Gasteiger partial charge on any atom is -0.388 e. The van der Waals surface area contributed by atoms with Gasteiger partial charge in [-0.2, -0.15) is 0 Å². The highest BCUT2D eigenvalue weighted by atomic mass is 16.5. The van der Waals surface area contributed by atoms with Crippen LogP contribution in [-0.2, 0) is 9.53 Å². The van der Waals surface area contributed by atoms with Gasteiger partial charge in [0, 0.05) is 0 Å². The second-order valence-electron chi connectivity index (χ2n) is 9.24. The molecule has 1 amide bonds. The Morgan fingerprint density at radius 2 is 1.79 bits per heavy atom. The molecular formula is C22H42N2O5. The molecule has 2 aliphatic heterocycles. The summed E-state index contributed by atoms with van der Waals surface area (Å²) in [5.41, 5.74) is 0. The summed E-state index contributed by atoms with van der Waals surface area (Å²) in [6, 6.07) is -0.675. The van der Waals surface area contributed by atoms with Crippen molar-refractivity contribution in [2.45, 2.75) is 115 Å². The summed E-state index contributed by atoms with van der Waals surface area (Å²) in [4.78, 5) is 12.9. The first-order valence-corrected chi connectivity index (χ1v) is 11.5. The van der Waals surface area contributed by atoms with Gasteiger partial charge < -0.3 is 30.7 Å². The number of ether oxygens (including phenoxy) is 1. The molecule has 2 saturated heterocycles. The number of nitrogens with one attached hydrogen (secondary N) is 2. The summed E-state index contributed by atoms with van der Waals surface area (Å²) in [7, 11) is 0. The van der Waals surface area contributed by atoms with E-state index >= 15 is 0 Å². The highest BCUT2D eigenvalue weighted by molar-refractivity contribution is 5.82. The van der Waals surface area contributed by atoms with Crippen molar-refractivity contribution in [2.75, 3.05) is 6.54 Å². The average Bonchev–Trinajstić information content (AvgIpc) is 3.16. The van der Waals surface area contributed by atoms with Gasteiger partial charge in [0.2, 0.25) is 5.91 Å². The molecule has 7 heteroatoms. The molecule has 0 aliphatic carbocycles. The van der Waals surface area contributed by atoms with Crippen LogP contribution in [0.2, 0.25) is 0 Å². The SMILES string of the molecule is CCCCC[C@H]1CN[C@H](C(=O)N[C@H](C(C)C)[C@H]2O[C@H](CCC)[C@H](O)[C@@H](O)[C@H]2O)C1. The lowest BCUT2D eigenvalue weighted by Crippen LogP contribution is -2.65. The van der Waals surface area contributed by atoms with E-state index in [0.29, 0.717) is 12.3 Å². The van der Waals surface area contributed by atoms with Gasteiger partial charge in [0.1, 0.15) is 24.4 Å². The Morgan fingerprint density at radius 1 is 1.07 bits per heavy atom. The molecule has 7 nitrogen and oxygen atoms in total. The summed E-state index contributed by atoms with van der Waals surface area (Å²) < 4.78 is 6.00. The Balaban J connectivity index is 1.99. The smallest absolute Gasteiger partial charge is 0.237 e. The number of aliphatic hydroxyl groups excluding tert-OH is 3. The van der Waals surface area contributed by atoms with Crippen molar-refractivity contribution in [1.29, 1.82) is 0 Å². The number of amides is 1. The molecule has 0 aromatic heterocycles. The summed E-state index contributed by atoms with van der Waals surface area (Å²) in [5, 5.41) is 37.5. The molecular weight excluding hydrogens is 372 g/mol. The van der Waals surface area contributed by atoms with Gasteiger partial charge in [0.05, 0.1) is 18.2 Å². The predicted molar refractivity (Wildman–Crippen MR) is 112 cm³/mol. The third-order valence-corrected chi connectivity index (χ3v) is 6.46. The third kappa shape index (κ3) is 6.37. The Hall–Kier alpha value is -0.730. The number of carbonyl (C=O) groups excluding carboxylic acids is 1. The van der Waals surface area contributed by atoms with Crippen molar-refractivity contribution in [3.05, 3.63) is 0 Å². The van der Waals surface area contributed by atoms with Crippen LogP contribution in [0.5, 0.6) is 0 Å². The van der Waals surface area contributed by atoms with E-state index in [1.807, 2.05) is 20.8 Å². The number of carbonyl (C=O) groups is 1. The molecule has 0 saturated carbocycles. The largest absolute Gasteiger partial charge is 0.388 e. The molecule has 2 rings (SSSR count). The van der Waals surface area contributed by atoms with Gasteiger partial charge in [-0.15, -0.1) is 0 Å². The lowest BCUT2D eigenvalue weighted by atomic mass is 9.85. The molecule has 29 heavy (non-hydrogen) atoms. The van der Waals surface area contributed by atoms with Crippen LogP contribution in [0.4, 0.5) is 0 Å². The molecule has 5 N–H and O–H groups in total. The minimum atomic E-state index is -1.28. The van der Waals surface area contributed by atoms with Crippen molar-refractivity contribution in [3.8, 4) is 0 Å². The van der Waals surface area contributed by atoms with E-state index in [1.165, 1.54) is 19.3 Å². The summed E-state index contributed by atoms with van der Waals surface area (Å²) in [6.07, 6.45) is 2.03. The molecule has 0 radical (unpaired) electrons. The highest BCUT2D eigenvalue weighted by Crippen LogP contribution is 2.28. The van der Waals surface area contributed by atoms with Crippen LogP contribution in [0.25, 0.3) is 0 Å². The second kappa shape index (κ2) is 11.6. The van der Waals surface area contributed by atoms with Gasteiger partial charge in [-0.25, -0.2) is 0 Å². The molecule has 8 atom stereocenters. The second-order valence-corrected chi connectivity index (χ2v) is 9.24. The monoisotopic (exact) mass is 414 g/mol.